The summed E-state index contributed by atoms with van der Waals surface area (Å²) in [5.41, 5.74) is 0. The van der Waals surface area contributed by atoms with Gasteiger partial charge in [0, 0.05) is 32.3 Å². The van der Waals surface area contributed by atoms with Gasteiger partial charge in [0.15, 0.2) is 0 Å². The number of rotatable bonds is 6. The normalized spacial score (nSPS) is 30.6. The van der Waals surface area contributed by atoms with E-state index < -0.39 is 0 Å². The topological polar surface area (TPSA) is 24.5 Å². The highest BCUT2D eigenvalue weighted by atomic mass is 16.5. The molecular formula is C16H32N2O. The van der Waals surface area contributed by atoms with Gasteiger partial charge < -0.3 is 15.0 Å². The number of nitrogens with zero attached hydrogens (tertiary/aromatic N) is 1. The second-order valence-electron chi connectivity index (χ2n) is 6.16. The standard InChI is InChI=1S/C16H32N2O/c1-3-17-16-8-6-5-7-14(16)13-18-11-9-15(10-12-18)19-4-2/h14-17H,3-13H2,1-2H3. The first-order chi connectivity index (χ1) is 9.33. The van der Waals surface area contributed by atoms with E-state index in [-0.39, 0.29) is 0 Å². The van der Waals surface area contributed by atoms with Gasteiger partial charge in [-0.1, -0.05) is 19.8 Å². The van der Waals surface area contributed by atoms with Crippen LogP contribution in [0.1, 0.15) is 52.4 Å². The summed E-state index contributed by atoms with van der Waals surface area (Å²) >= 11 is 0. The smallest absolute Gasteiger partial charge is 0.0599 e. The molecule has 1 aliphatic carbocycles. The molecule has 2 atom stereocenters. The van der Waals surface area contributed by atoms with E-state index in [0.29, 0.717) is 6.10 Å². The van der Waals surface area contributed by atoms with Crippen molar-refractivity contribution in [3.05, 3.63) is 0 Å². The minimum Gasteiger partial charge on any atom is -0.378 e. The van der Waals surface area contributed by atoms with E-state index in [1.165, 1.54) is 58.2 Å². The summed E-state index contributed by atoms with van der Waals surface area (Å²) in [5.74, 6) is 0.873. The molecule has 0 aromatic rings. The van der Waals surface area contributed by atoms with E-state index in [1.54, 1.807) is 0 Å². The van der Waals surface area contributed by atoms with E-state index in [1.807, 2.05) is 0 Å². The van der Waals surface area contributed by atoms with Crippen molar-refractivity contribution < 1.29 is 4.74 Å². The number of hydrogen-bond acceptors (Lipinski definition) is 3. The summed E-state index contributed by atoms with van der Waals surface area (Å²) in [4.78, 5) is 2.68. The van der Waals surface area contributed by atoms with Crippen LogP contribution >= 0.6 is 0 Å². The fourth-order valence-electron chi connectivity index (χ4n) is 3.78. The molecule has 0 radical (unpaired) electrons. The second-order valence-corrected chi connectivity index (χ2v) is 6.16. The molecule has 0 spiro atoms. The number of piperidine rings is 1. The van der Waals surface area contributed by atoms with Crippen LogP contribution < -0.4 is 5.32 Å². The van der Waals surface area contributed by atoms with Crippen molar-refractivity contribution in [1.29, 1.82) is 0 Å². The van der Waals surface area contributed by atoms with E-state index in [2.05, 4.69) is 24.1 Å². The maximum atomic E-state index is 5.74. The van der Waals surface area contributed by atoms with Crippen molar-refractivity contribution in [3.63, 3.8) is 0 Å². The molecule has 1 N–H and O–H groups in total. The molecule has 2 unspecified atom stereocenters. The van der Waals surface area contributed by atoms with E-state index in [9.17, 15) is 0 Å². The summed E-state index contributed by atoms with van der Waals surface area (Å²) in [6, 6.07) is 0.767. The van der Waals surface area contributed by atoms with Gasteiger partial charge >= 0.3 is 0 Å². The number of likely N-dealkylation sites (tertiary alicyclic amines) is 1. The minimum atomic E-state index is 0.525. The van der Waals surface area contributed by atoms with Gasteiger partial charge in [-0.2, -0.15) is 0 Å². The first-order valence-corrected chi connectivity index (χ1v) is 8.40. The molecule has 0 amide bonds. The highest BCUT2D eigenvalue weighted by molar-refractivity contribution is 4.84. The van der Waals surface area contributed by atoms with Gasteiger partial charge in [-0.25, -0.2) is 0 Å². The van der Waals surface area contributed by atoms with Crippen molar-refractivity contribution in [2.24, 2.45) is 5.92 Å². The van der Waals surface area contributed by atoms with Crippen molar-refractivity contribution >= 4 is 0 Å². The Morgan fingerprint density at radius 3 is 2.47 bits per heavy atom. The molecule has 0 bridgehead atoms. The average Bonchev–Trinajstić information content (AvgIpc) is 2.44. The molecule has 2 fully saturated rings. The van der Waals surface area contributed by atoms with Crippen LogP contribution in [0.4, 0.5) is 0 Å². The van der Waals surface area contributed by atoms with Crippen LogP contribution in [0.15, 0.2) is 0 Å². The summed E-state index contributed by atoms with van der Waals surface area (Å²) in [6.07, 6.45) is 8.63. The Morgan fingerprint density at radius 2 is 1.79 bits per heavy atom. The summed E-state index contributed by atoms with van der Waals surface area (Å²) in [7, 11) is 0. The number of nitrogens with one attached hydrogen (secondary N) is 1. The predicted octanol–water partition coefficient (Wildman–Crippen LogP) is 2.66. The molecule has 1 aliphatic heterocycles. The lowest BCUT2D eigenvalue weighted by Crippen LogP contribution is -2.46. The third kappa shape index (κ3) is 4.73. The molecule has 112 valence electrons. The van der Waals surface area contributed by atoms with Crippen LogP contribution in [0.2, 0.25) is 0 Å². The Bertz CT molecular complexity index is 237. The number of hydrogen-bond donors (Lipinski definition) is 1. The van der Waals surface area contributed by atoms with Crippen LogP contribution in [0, 0.1) is 5.92 Å². The molecule has 0 aromatic carbocycles. The van der Waals surface area contributed by atoms with Gasteiger partial charge in [0.05, 0.1) is 6.10 Å². The molecule has 3 nitrogen and oxygen atoms in total. The predicted molar refractivity (Wildman–Crippen MR) is 80.5 cm³/mol. The van der Waals surface area contributed by atoms with Crippen molar-refractivity contribution in [3.8, 4) is 0 Å². The lowest BCUT2D eigenvalue weighted by atomic mass is 9.83. The Hall–Kier alpha value is -0.120. The summed E-state index contributed by atoms with van der Waals surface area (Å²) < 4.78 is 5.74. The summed E-state index contributed by atoms with van der Waals surface area (Å²) in [5, 5.41) is 3.70. The second kappa shape index (κ2) is 8.23. The zero-order valence-corrected chi connectivity index (χ0v) is 12.9. The van der Waals surface area contributed by atoms with E-state index >= 15 is 0 Å². The fourth-order valence-corrected chi connectivity index (χ4v) is 3.78. The van der Waals surface area contributed by atoms with Crippen LogP contribution in [0.5, 0.6) is 0 Å². The van der Waals surface area contributed by atoms with Crippen LogP contribution in [0.3, 0.4) is 0 Å². The minimum absolute atomic E-state index is 0.525. The number of ether oxygens (including phenoxy) is 1. The molecule has 0 aromatic heterocycles. The molecule has 1 heterocycles. The third-order valence-electron chi connectivity index (χ3n) is 4.81. The van der Waals surface area contributed by atoms with Gasteiger partial charge in [-0.15, -0.1) is 0 Å². The molecule has 3 heteroatoms. The van der Waals surface area contributed by atoms with Gasteiger partial charge in [0.1, 0.15) is 0 Å². The molecule has 1 saturated carbocycles. The molecule has 2 rings (SSSR count). The Labute approximate surface area is 119 Å². The Kier molecular flexibility index (Phi) is 6.62. The van der Waals surface area contributed by atoms with Gasteiger partial charge in [-0.3, -0.25) is 0 Å². The zero-order valence-electron chi connectivity index (χ0n) is 12.9. The van der Waals surface area contributed by atoms with Gasteiger partial charge in [-0.05, 0) is 45.1 Å². The van der Waals surface area contributed by atoms with Crippen molar-refractivity contribution in [1.82, 2.24) is 10.2 Å². The lowest BCUT2D eigenvalue weighted by Gasteiger charge is -2.38. The Morgan fingerprint density at radius 1 is 1.05 bits per heavy atom. The van der Waals surface area contributed by atoms with Crippen LogP contribution in [0.25, 0.3) is 0 Å². The van der Waals surface area contributed by atoms with E-state index in [4.69, 9.17) is 4.74 Å². The van der Waals surface area contributed by atoms with E-state index in [0.717, 1.165) is 25.1 Å². The fraction of sp³-hybridized carbons (Fsp3) is 1.00. The van der Waals surface area contributed by atoms with Gasteiger partial charge in [0.2, 0.25) is 0 Å². The monoisotopic (exact) mass is 268 g/mol. The summed E-state index contributed by atoms with van der Waals surface area (Å²) in [6.45, 7) is 10.1. The Balaban J connectivity index is 1.74. The SMILES string of the molecule is CCNC1CCCCC1CN1CCC(OCC)CC1. The molecule has 2 aliphatic rings. The molecule has 1 saturated heterocycles. The molecular weight excluding hydrogens is 236 g/mol. The quantitative estimate of drug-likeness (QED) is 0.801. The van der Waals surface area contributed by atoms with Crippen LogP contribution in [-0.4, -0.2) is 49.8 Å². The lowest BCUT2D eigenvalue weighted by molar-refractivity contribution is 0.00832. The largest absolute Gasteiger partial charge is 0.378 e. The van der Waals surface area contributed by atoms with Crippen molar-refractivity contribution in [2.45, 2.75) is 64.5 Å². The van der Waals surface area contributed by atoms with Gasteiger partial charge in [0.25, 0.3) is 0 Å². The van der Waals surface area contributed by atoms with Crippen molar-refractivity contribution in [2.75, 3.05) is 32.8 Å². The van der Waals surface area contributed by atoms with Crippen LogP contribution in [-0.2, 0) is 4.74 Å². The molecule has 19 heavy (non-hydrogen) atoms. The zero-order chi connectivity index (χ0) is 13.5. The highest BCUT2D eigenvalue weighted by Crippen LogP contribution is 2.26. The highest BCUT2D eigenvalue weighted by Gasteiger charge is 2.28. The first-order valence-electron chi connectivity index (χ1n) is 8.40. The third-order valence-corrected chi connectivity index (χ3v) is 4.81. The maximum absolute atomic E-state index is 5.74. The maximum Gasteiger partial charge on any atom is 0.0599 e. The first kappa shape index (κ1) is 15.3. The average molecular weight is 268 g/mol.